The van der Waals surface area contributed by atoms with Gasteiger partial charge in [0.2, 0.25) is 5.82 Å². The van der Waals surface area contributed by atoms with Gasteiger partial charge in [0.15, 0.2) is 5.11 Å². The molecule has 0 amide bonds. The van der Waals surface area contributed by atoms with E-state index in [2.05, 4.69) is 17.4 Å². The summed E-state index contributed by atoms with van der Waals surface area (Å²) < 4.78 is 5.72. The van der Waals surface area contributed by atoms with Gasteiger partial charge in [0, 0.05) is 22.8 Å². The van der Waals surface area contributed by atoms with Gasteiger partial charge in [-0.1, -0.05) is 52.7 Å². The van der Waals surface area contributed by atoms with Crippen molar-refractivity contribution in [2.75, 3.05) is 6.54 Å². The SMILES string of the molecule is CCN1C(=S)NC(c2cccc(Cl)c2)C(c2nc(-c3cccc(C)c3)no2)=C1C. The zero-order valence-corrected chi connectivity index (χ0v) is 18.0. The van der Waals surface area contributed by atoms with Crippen LogP contribution in [0.1, 0.15) is 36.9 Å². The number of nitrogens with one attached hydrogen (secondary N) is 1. The predicted molar refractivity (Wildman–Crippen MR) is 119 cm³/mol. The van der Waals surface area contributed by atoms with Crippen molar-refractivity contribution in [3.63, 3.8) is 0 Å². The van der Waals surface area contributed by atoms with E-state index < -0.39 is 0 Å². The van der Waals surface area contributed by atoms with Crippen molar-refractivity contribution in [2.24, 2.45) is 0 Å². The van der Waals surface area contributed by atoms with Crippen LogP contribution in [0.5, 0.6) is 0 Å². The van der Waals surface area contributed by atoms with Gasteiger partial charge in [-0.05, 0) is 56.8 Å². The van der Waals surface area contributed by atoms with E-state index in [4.69, 9.17) is 33.3 Å². The van der Waals surface area contributed by atoms with Crippen molar-refractivity contribution in [1.82, 2.24) is 20.4 Å². The molecule has 7 heteroatoms. The number of benzene rings is 2. The Hall–Kier alpha value is -2.70. The lowest BCUT2D eigenvalue weighted by molar-refractivity contribution is 0.398. The number of halogens is 1. The quantitative estimate of drug-likeness (QED) is 0.567. The number of nitrogens with zero attached hydrogens (tertiary/aromatic N) is 3. The Labute approximate surface area is 180 Å². The van der Waals surface area contributed by atoms with Gasteiger partial charge < -0.3 is 14.7 Å². The Morgan fingerprint density at radius 1 is 1.17 bits per heavy atom. The predicted octanol–water partition coefficient (Wildman–Crippen LogP) is 5.38. The van der Waals surface area contributed by atoms with Gasteiger partial charge >= 0.3 is 0 Å². The summed E-state index contributed by atoms with van der Waals surface area (Å²) in [6, 6.07) is 15.5. The maximum absolute atomic E-state index is 6.25. The van der Waals surface area contributed by atoms with E-state index in [1.165, 1.54) is 0 Å². The fourth-order valence-corrected chi connectivity index (χ4v) is 4.19. The third-order valence-corrected chi connectivity index (χ3v) is 5.60. The molecule has 29 heavy (non-hydrogen) atoms. The molecule has 0 fully saturated rings. The summed E-state index contributed by atoms with van der Waals surface area (Å²) in [6.45, 7) is 6.86. The Morgan fingerprint density at radius 2 is 1.97 bits per heavy atom. The molecule has 0 aliphatic carbocycles. The first-order valence-corrected chi connectivity index (χ1v) is 10.2. The molecular weight excluding hydrogens is 404 g/mol. The van der Waals surface area contributed by atoms with Gasteiger partial charge in [-0.25, -0.2) is 0 Å². The molecule has 0 spiro atoms. The molecule has 2 aromatic carbocycles. The van der Waals surface area contributed by atoms with Crippen molar-refractivity contribution in [2.45, 2.75) is 26.8 Å². The summed E-state index contributed by atoms with van der Waals surface area (Å²) in [5, 5.41) is 8.97. The fourth-order valence-electron chi connectivity index (χ4n) is 3.61. The van der Waals surface area contributed by atoms with E-state index in [1.807, 2.05) is 67.3 Å². The first-order chi connectivity index (χ1) is 14.0. The third-order valence-electron chi connectivity index (χ3n) is 5.03. The van der Waals surface area contributed by atoms with Gasteiger partial charge in [-0.15, -0.1) is 0 Å². The normalized spacial score (nSPS) is 16.9. The summed E-state index contributed by atoms with van der Waals surface area (Å²) in [6.07, 6.45) is 0. The van der Waals surface area contributed by atoms with Gasteiger partial charge in [-0.3, -0.25) is 0 Å². The van der Waals surface area contributed by atoms with Gasteiger partial charge in [0.05, 0.1) is 11.6 Å². The van der Waals surface area contributed by atoms with Crippen LogP contribution in [0.4, 0.5) is 0 Å². The molecular formula is C22H21ClN4OS. The molecule has 1 aliphatic heterocycles. The molecule has 0 radical (unpaired) electrons. The maximum Gasteiger partial charge on any atom is 0.258 e. The molecule has 0 saturated carbocycles. The second-order valence-electron chi connectivity index (χ2n) is 6.97. The van der Waals surface area contributed by atoms with Crippen LogP contribution in [0.2, 0.25) is 5.02 Å². The van der Waals surface area contributed by atoms with Crippen LogP contribution in [0.15, 0.2) is 58.8 Å². The van der Waals surface area contributed by atoms with E-state index in [1.54, 1.807) is 0 Å². The highest BCUT2D eigenvalue weighted by Crippen LogP contribution is 2.37. The van der Waals surface area contributed by atoms with Gasteiger partial charge in [0.25, 0.3) is 5.89 Å². The molecule has 0 saturated heterocycles. The third kappa shape index (κ3) is 3.78. The summed E-state index contributed by atoms with van der Waals surface area (Å²) in [7, 11) is 0. The van der Waals surface area contributed by atoms with Crippen molar-refractivity contribution in [3.05, 3.63) is 76.3 Å². The molecule has 1 aromatic heterocycles. The van der Waals surface area contributed by atoms with Crippen LogP contribution in [-0.2, 0) is 0 Å². The minimum absolute atomic E-state index is 0.227. The second kappa shape index (κ2) is 7.97. The molecule has 2 heterocycles. The van der Waals surface area contributed by atoms with Crippen molar-refractivity contribution in [1.29, 1.82) is 0 Å². The molecule has 5 nitrogen and oxygen atoms in total. The van der Waals surface area contributed by atoms with Crippen LogP contribution in [-0.4, -0.2) is 26.7 Å². The van der Waals surface area contributed by atoms with Crippen LogP contribution in [0, 0.1) is 6.92 Å². The van der Waals surface area contributed by atoms with E-state index in [0.29, 0.717) is 21.9 Å². The van der Waals surface area contributed by atoms with Crippen LogP contribution < -0.4 is 5.32 Å². The average Bonchev–Trinajstić information content (AvgIpc) is 3.17. The van der Waals surface area contributed by atoms with Crippen molar-refractivity contribution < 1.29 is 4.52 Å². The lowest BCUT2D eigenvalue weighted by Crippen LogP contribution is -2.45. The van der Waals surface area contributed by atoms with Crippen LogP contribution in [0.3, 0.4) is 0 Å². The topological polar surface area (TPSA) is 54.2 Å². The van der Waals surface area contributed by atoms with Crippen LogP contribution in [0.25, 0.3) is 17.0 Å². The zero-order chi connectivity index (χ0) is 20.5. The summed E-state index contributed by atoms with van der Waals surface area (Å²) in [5.41, 5.74) is 4.93. The number of allylic oxidation sites excluding steroid dienone is 1. The Balaban J connectivity index is 1.83. The second-order valence-corrected chi connectivity index (χ2v) is 7.80. The van der Waals surface area contributed by atoms with E-state index >= 15 is 0 Å². The first-order valence-electron chi connectivity index (χ1n) is 9.43. The highest BCUT2D eigenvalue weighted by atomic mass is 35.5. The number of hydrogen-bond acceptors (Lipinski definition) is 4. The Bertz CT molecular complexity index is 1110. The number of aromatic nitrogens is 2. The lowest BCUT2D eigenvalue weighted by atomic mass is 9.95. The average molecular weight is 425 g/mol. The molecule has 1 N–H and O–H groups in total. The van der Waals surface area contributed by atoms with Crippen molar-refractivity contribution >= 4 is 34.5 Å². The number of rotatable bonds is 4. The zero-order valence-electron chi connectivity index (χ0n) is 16.4. The molecule has 148 valence electrons. The molecule has 0 bridgehead atoms. The lowest BCUT2D eigenvalue weighted by Gasteiger charge is -2.36. The van der Waals surface area contributed by atoms with Gasteiger partial charge in [0.1, 0.15) is 0 Å². The van der Waals surface area contributed by atoms with E-state index in [0.717, 1.165) is 34.5 Å². The fraction of sp³-hybridized carbons (Fsp3) is 0.227. The summed E-state index contributed by atoms with van der Waals surface area (Å²) in [5.74, 6) is 1.03. The smallest absolute Gasteiger partial charge is 0.258 e. The molecule has 1 aliphatic rings. The standard InChI is InChI=1S/C22H21ClN4OS/c1-4-27-14(3)18(19(24-22(27)29)15-8-6-10-17(23)12-15)21-25-20(26-28-21)16-9-5-7-13(2)11-16/h5-12,19H,4H2,1-3H3,(H,24,29). The Kier molecular flexibility index (Phi) is 5.39. The highest BCUT2D eigenvalue weighted by molar-refractivity contribution is 7.80. The maximum atomic E-state index is 6.25. The monoisotopic (exact) mass is 424 g/mol. The molecule has 1 unspecified atom stereocenters. The number of aryl methyl sites for hydroxylation is 1. The minimum Gasteiger partial charge on any atom is -0.351 e. The molecule has 3 aromatic rings. The van der Waals surface area contributed by atoms with E-state index in [-0.39, 0.29) is 6.04 Å². The largest absolute Gasteiger partial charge is 0.351 e. The van der Waals surface area contributed by atoms with Gasteiger partial charge in [-0.2, -0.15) is 4.98 Å². The number of hydrogen-bond donors (Lipinski definition) is 1. The minimum atomic E-state index is -0.227. The summed E-state index contributed by atoms with van der Waals surface area (Å²) >= 11 is 11.8. The van der Waals surface area contributed by atoms with Crippen molar-refractivity contribution in [3.8, 4) is 11.4 Å². The van der Waals surface area contributed by atoms with E-state index in [9.17, 15) is 0 Å². The highest BCUT2D eigenvalue weighted by Gasteiger charge is 2.33. The number of thiocarbonyl (C=S) groups is 1. The first kappa shape index (κ1) is 19.6. The molecule has 4 rings (SSSR count). The summed E-state index contributed by atoms with van der Waals surface area (Å²) in [4.78, 5) is 6.74. The Morgan fingerprint density at radius 3 is 2.69 bits per heavy atom. The van der Waals surface area contributed by atoms with Crippen LogP contribution >= 0.6 is 23.8 Å². The molecule has 1 atom stereocenters.